The van der Waals surface area contributed by atoms with Crippen LogP contribution in [0.3, 0.4) is 0 Å². The van der Waals surface area contributed by atoms with Crippen LogP contribution in [0.5, 0.6) is 0 Å². The standard InChI is InChI=1S/C16H20FNO3/c1-15(2)12(8-9-16(15,3)14(20)21)13(19)18-11-6-4-10(17)5-7-11/h4-7,12H,8-9H2,1-3H3,(H,18,19)(H,20,21)/p-1/t12-,16-/m0/s1. The van der Waals surface area contributed by atoms with Crippen LogP contribution in [-0.4, -0.2) is 11.9 Å². The molecule has 1 amide bonds. The predicted octanol–water partition coefficient (Wildman–Crippen LogP) is 1.96. The van der Waals surface area contributed by atoms with Gasteiger partial charge in [-0.2, -0.15) is 0 Å². The average Bonchev–Trinajstić information content (AvgIpc) is 2.64. The van der Waals surface area contributed by atoms with Gasteiger partial charge in [-0.3, -0.25) is 4.79 Å². The van der Waals surface area contributed by atoms with Crippen molar-refractivity contribution in [3.8, 4) is 0 Å². The number of amides is 1. The summed E-state index contributed by atoms with van der Waals surface area (Å²) in [5, 5.41) is 14.1. The fourth-order valence-electron chi connectivity index (χ4n) is 3.09. The van der Waals surface area contributed by atoms with Gasteiger partial charge in [-0.1, -0.05) is 20.8 Å². The van der Waals surface area contributed by atoms with E-state index in [-0.39, 0.29) is 11.7 Å². The highest BCUT2D eigenvalue weighted by molar-refractivity contribution is 5.94. The van der Waals surface area contributed by atoms with Crippen molar-refractivity contribution >= 4 is 17.6 Å². The molecule has 2 atom stereocenters. The van der Waals surface area contributed by atoms with E-state index in [2.05, 4.69) is 5.32 Å². The first-order valence-electron chi connectivity index (χ1n) is 6.96. The molecule has 1 N–H and O–H groups in total. The third kappa shape index (κ3) is 2.52. The lowest BCUT2D eigenvalue weighted by Gasteiger charge is -2.41. The maximum Gasteiger partial charge on any atom is 0.228 e. The number of aliphatic carboxylic acids is 1. The fraction of sp³-hybridized carbons (Fsp3) is 0.500. The molecule has 0 heterocycles. The summed E-state index contributed by atoms with van der Waals surface area (Å²) in [7, 11) is 0. The van der Waals surface area contributed by atoms with E-state index in [9.17, 15) is 19.1 Å². The van der Waals surface area contributed by atoms with Crippen molar-refractivity contribution in [1.29, 1.82) is 0 Å². The maximum absolute atomic E-state index is 12.9. The summed E-state index contributed by atoms with van der Waals surface area (Å²) in [5.74, 6) is -2.16. The van der Waals surface area contributed by atoms with Crippen molar-refractivity contribution in [3.63, 3.8) is 0 Å². The summed E-state index contributed by atoms with van der Waals surface area (Å²) >= 11 is 0. The van der Waals surface area contributed by atoms with E-state index in [1.54, 1.807) is 20.8 Å². The van der Waals surface area contributed by atoms with Crippen LogP contribution in [0.4, 0.5) is 10.1 Å². The van der Waals surface area contributed by atoms with Gasteiger partial charge in [-0.25, -0.2) is 4.39 Å². The fourth-order valence-corrected chi connectivity index (χ4v) is 3.09. The Morgan fingerprint density at radius 3 is 2.29 bits per heavy atom. The van der Waals surface area contributed by atoms with Crippen molar-refractivity contribution in [2.24, 2.45) is 16.7 Å². The second kappa shape index (κ2) is 5.13. The normalized spacial score (nSPS) is 27.3. The number of benzene rings is 1. The third-order valence-corrected chi connectivity index (χ3v) is 5.11. The Labute approximate surface area is 123 Å². The van der Waals surface area contributed by atoms with Crippen LogP contribution >= 0.6 is 0 Å². The number of carbonyl (C=O) groups excluding carboxylic acids is 2. The molecule has 1 aromatic carbocycles. The Morgan fingerprint density at radius 1 is 1.24 bits per heavy atom. The number of rotatable bonds is 3. The molecule has 2 rings (SSSR count). The summed E-state index contributed by atoms with van der Waals surface area (Å²) in [5.41, 5.74) is -1.24. The smallest absolute Gasteiger partial charge is 0.228 e. The SMILES string of the molecule is CC1(C)[C@H](C(=O)Nc2ccc(F)cc2)CC[C@@]1(C)C(=O)[O-]. The molecule has 0 radical (unpaired) electrons. The van der Waals surface area contributed by atoms with Crippen LogP contribution in [0.15, 0.2) is 24.3 Å². The zero-order valence-electron chi connectivity index (χ0n) is 12.4. The van der Waals surface area contributed by atoms with Gasteiger partial charge in [0.05, 0.1) is 0 Å². The zero-order chi connectivity index (χ0) is 15.8. The molecule has 0 spiro atoms. The molecule has 0 saturated heterocycles. The lowest BCUT2D eigenvalue weighted by atomic mass is 9.65. The highest BCUT2D eigenvalue weighted by Crippen LogP contribution is 2.55. The molecule has 1 saturated carbocycles. The van der Waals surface area contributed by atoms with Crippen molar-refractivity contribution in [1.82, 2.24) is 0 Å². The Kier molecular flexibility index (Phi) is 3.78. The Morgan fingerprint density at radius 2 is 1.81 bits per heavy atom. The highest BCUT2D eigenvalue weighted by Gasteiger charge is 2.54. The topological polar surface area (TPSA) is 69.2 Å². The van der Waals surface area contributed by atoms with Crippen LogP contribution in [0.25, 0.3) is 0 Å². The first-order chi connectivity index (χ1) is 9.68. The van der Waals surface area contributed by atoms with Crippen LogP contribution in [-0.2, 0) is 9.59 Å². The van der Waals surface area contributed by atoms with Crippen molar-refractivity contribution in [2.45, 2.75) is 33.6 Å². The van der Waals surface area contributed by atoms with Crippen molar-refractivity contribution in [2.75, 3.05) is 5.32 Å². The first-order valence-corrected chi connectivity index (χ1v) is 6.96. The van der Waals surface area contributed by atoms with Crippen LogP contribution < -0.4 is 10.4 Å². The van der Waals surface area contributed by atoms with E-state index in [1.807, 2.05) is 0 Å². The van der Waals surface area contributed by atoms with Gasteiger partial charge in [0.1, 0.15) is 5.82 Å². The number of hydrogen-bond acceptors (Lipinski definition) is 3. The molecule has 0 aliphatic heterocycles. The molecule has 1 fully saturated rings. The number of carbonyl (C=O) groups is 2. The number of anilines is 1. The molecule has 0 unspecified atom stereocenters. The Bertz CT molecular complexity index is 567. The van der Waals surface area contributed by atoms with E-state index in [1.165, 1.54) is 24.3 Å². The number of carboxylic acid groups (broad SMARTS) is 1. The van der Waals surface area contributed by atoms with Gasteiger partial charge in [0.2, 0.25) is 5.91 Å². The molecule has 21 heavy (non-hydrogen) atoms. The second-order valence-corrected chi connectivity index (χ2v) is 6.43. The lowest BCUT2D eigenvalue weighted by Crippen LogP contribution is -2.49. The number of halogens is 1. The minimum absolute atomic E-state index is 0.239. The van der Waals surface area contributed by atoms with Crippen LogP contribution in [0.2, 0.25) is 0 Å². The molecule has 114 valence electrons. The number of carboxylic acids is 1. The third-order valence-electron chi connectivity index (χ3n) is 5.11. The summed E-state index contributed by atoms with van der Waals surface area (Å²) in [6.07, 6.45) is 0.897. The average molecular weight is 292 g/mol. The Hall–Kier alpha value is -1.91. The van der Waals surface area contributed by atoms with E-state index in [0.717, 1.165) is 0 Å². The summed E-state index contributed by atoms with van der Waals surface area (Å²) in [6.45, 7) is 5.20. The number of hydrogen-bond donors (Lipinski definition) is 1. The second-order valence-electron chi connectivity index (χ2n) is 6.43. The van der Waals surface area contributed by atoms with Crippen molar-refractivity contribution < 1.29 is 19.1 Å². The summed E-state index contributed by atoms with van der Waals surface area (Å²) in [6, 6.07) is 5.49. The van der Waals surface area contributed by atoms with Crippen LogP contribution in [0.1, 0.15) is 33.6 Å². The largest absolute Gasteiger partial charge is 0.550 e. The van der Waals surface area contributed by atoms with E-state index in [4.69, 9.17) is 0 Å². The monoisotopic (exact) mass is 292 g/mol. The number of nitrogens with one attached hydrogen (secondary N) is 1. The quantitative estimate of drug-likeness (QED) is 0.926. The molecule has 4 nitrogen and oxygen atoms in total. The highest BCUT2D eigenvalue weighted by atomic mass is 19.1. The molecule has 1 aliphatic carbocycles. The molecule has 0 bridgehead atoms. The molecule has 1 aliphatic rings. The van der Waals surface area contributed by atoms with Crippen molar-refractivity contribution in [3.05, 3.63) is 30.1 Å². The molecule has 0 aromatic heterocycles. The van der Waals surface area contributed by atoms with Gasteiger partial charge in [0.15, 0.2) is 0 Å². The summed E-state index contributed by atoms with van der Waals surface area (Å²) in [4.78, 5) is 23.8. The minimum Gasteiger partial charge on any atom is -0.550 e. The molecular formula is C16H19FNO3-. The molecule has 1 aromatic rings. The Balaban J connectivity index is 2.17. The molecular weight excluding hydrogens is 273 g/mol. The first kappa shape index (κ1) is 15.5. The molecule has 5 heteroatoms. The van der Waals surface area contributed by atoms with E-state index < -0.39 is 22.7 Å². The van der Waals surface area contributed by atoms with E-state index >= 15 is 0 Å². The van der Waals surface area contributed by atoms with E-state index in [0.29, 0.717) is 18.5 Å². The van der Waals surface area contributed by atoms with Gasteiger partial charge in [-0.15, -0.1) is 0 Å². The van der Waals surface area contributed by atoms with Gasteiger partial charge in [0, 0.05) is 23.0 Å². The maximum atomic E-state index is 12.9. The predicted molar refractivity (Wildman–Crippen MR) is 74.6 cm³/mol. The van der Waals surface area contributed by atoms with Gasteiger partial charge >= 0.3 is 0 Å². The minimum atomic E-state index is -1.12. The zero-order valence-corrected chi connectivity index (χ0v) is 12.4. The van der Waals surface area contributed by atoms with Gasteiger partial charge < -0.3 is 15.2 Å². The van der Waals surface area contributed by atoms with Gasteiger partial charge in [-0.05, 0) is 42.5 Å². The van der Waals surface area contributed by atoms with Gasteiger partial charge in [0.25, 0.3) is 0 Å². The van der Waals surface area contributed by atoms with Crippen LogP contribution in [0, 0.1) is 22.6 Å². The lowest BCUT2D eigenvalue weighted by molar-refractivity contribution is -0.323. The summed E-state index contributed by atoms with van der Waals surface area (Å²) < 4.78 is 12.9.